The maximum absolute atomic E-state index is 9.77. The topological polar surface area (TPSA) is 64.1 Å². The Labute approximate surface area is 120 Å². The van der Waals surface area contributed by atoms with Crippen LogP contribution in [-0.2, 0) is 6.54 Å². The van der Waals surface area contributed by atoms with Crippen LogP contribution in [0.4, 0.5) is 0 Å². The number of nitrogens with zero attached hydrogens (tertiary/aromatic N) is 2. The predicted octanol–water partition coefficient (Wildman–Crippen LogP) is 1.95. The molecule has 0 amide bonds. The molecule has 110 valence electrons. The molecule has 4 saturated carbocycles. The first-order chi connectivity index (χ1) is 9.72. The molecule has 20 heavy (non-hydrogen) atoms. The van der Waals surface area contributed by atoms with E-state index in [9.17, 15) is 5.11 Å². The standard InChI is InChI=1S/C16H25N3O/c17-6-16(20)14-7-18-19(8-14)9-15-12-2-10-1-11(4-12)5-13(15)3-10/h7-8,10-13,15-16,20H,1-6,9,17H2. The van der Waals surface area contributed by atoms with Crippen LogP contribution in [0.3, 0.4) is 0 Å². The van der Waals surface area contributed by atoms with Crippen molar-refractivity contribution >= 4 is 0 Å². The highest BCUT2D eigenvalue weighted by atomic mass is 16.3. The molecule has 4 fully saturated rings. The molecule has 3 N–H and O–H groups in total. The summed E-state index contributed by atoms with van der Waals surface area (Å²) in [4.78, 5) is 0. The van der Waals surface area contributed by atoms with Crippen molar-refractivity contribution in [3.63, 3.8) is 0 Å². The van der Waals surface area contributed by atoms with E-state index in [2.05, 4.69) is 5.10 Å². The third kappa shape index (κ3) is 2.09. The largest absolute Gasteiger partial charge is 0.387 e. The minimum Gasteiger partial charge on any atom is -0.387 e. The molecule has 0 aromatic carbocycles. The molecule has 0 spiro atoms. The zero-order valence-corrected chi connectivity index (χ0v) is 12.0. The van der Waals surface area contributed by atoms with E-state index >= 15 is 0 Å². The molecule has 0 aliphatic heterocycles. The van der Waals surface area contributed by atoms with Crippen molar-refractivity contribution in [1.82, 2.24) is 9.78 Å². The van der Waals surface area contributed by atoms with Gasteiger partial charge in [-0.3, -0.25) is 4.68 Å². The first-order valence-electron chi connectivity index (χ1n) is 8.13. The molecule has 0 radical (unpaired) electrons. The minimum atomic E-state index is -0.567. The summed E-state index contributed by atoms with van der Waals surface area (Å²) in [6.45, 7) is 1.30. The summed E-state index contributed by atoms with van der Waals surface area (Å²) in [5.41, 5.74) is 6.36. The van der Waals surface area contributed by atoms with E-state index in [1.807, 2.05) is 10.9 Å². The molecule has 1 unspecified atom stereocenters. The lowest BCUT2D eigenvalue weighted by atomic mass is 9.52. The number of nitrogens with two attached hydrogens (primary N) is 1. The van der Waals surface area contributed by atoms with Crippen LogP contribution >= 0.6 is 0 Å². The average molecular weight is 275 g/mol. The number of aromatic nitrogens is 2. The van der Waals surface area contributed by atoms with Crippen molar-refractivity contribution in [2.75, 3.05) is 6.54 Å². The van der Waals surface area contributed by atoms with Crippen molar-refractivity contribution < 1.29 is 5.11 Å². The smallest absolute Gasteiger partial charge is 0.0942 e. The highest BCUT2D eigenvalue weighted by molar-refractivity contribution is 5.08. The second kappa shape index (κ2) is 4.85. The van der Waals surface area contributed by atoms with Crippen LogP contribution < -0.4 is 5.73 Å². The highest BCUT2D eigenvalue weighted by Crippen LogP contribution is 2.56. The van der Waals surface area contributed by atoms with Gasteiger partial charge in [0.15, 0.2) is 0 Å². The molecule has 1 atom stereocenters. The monoisotopic (exact) mass is 275 g/mol. The van der Waals surface area contributed by atoms with Gasteiger partial charge in [0.25, 0.3) is 0 Å². The second-order valence-corrected chi connectivity index (χ2v) is 7.34. The summed E-state index contributed by atoms with van der Waals surface area (Å²) in [7, 11) is 0. The summed E-state index contributed by atoms with van der Waals surface area (Å²) in [6, 6.07) is 0. The van der Waals surface area contributed by atoms with Crippen molar-refractivity contribution in [2.45, 2.75) is 44.8 Å². The molecule has 5 rings (SSSR count). The fourth-order valence-electron chi connectivity index (χ4n) is 5.34. The van der Waals surface area contributed by atoms with E-state index in [0.717, 1.165) is 41.7 Å². The van der Waals surface area contributed by atoms with E-state index in [-0.39, 0.29) is 6.54 Å². The molecule has 4 heteroatoms. The maximum Gasteiger partial charge on any atom is 0.0942 e. The van der Waals surface area contributed by atoms with Gasteiger partial charge in [-0.1, -0.05) is 0 Å². The van der Waals surface area contributed by atoms with Crippen LogP contribution in [0.2, 0.25) is 0 Å². The van der Waals surface area contributed by atoms with Gasteiger partial charge < -0.3 is 10.8 Å². The molecule has 0 saturated heterocycles. The maximum atomic E-state index is 9.77. The number of aliphatic hydroxyl groups is 1. The van der Waals surface area contributed by atoms with E-state index in [0.29, 0.717) is 0 Å². The normalized spacial score (nSPS) is 40.2. The quantitative estimate of drug-likeness (QED) is 0.882. The zero-order chi connectivity index (χ0) is 13.7. The SMILES string of the molecule is NCC(O)c1cnn(CC2C3CC4CC(C3)CC2C4)c1. The number of rotatable bonds is 4. The van der Waals surface area contributed by atoms with E-state index in [1.165, 1.54) is 32.1 Å². The first-order valence-corrected chi connectivity index (χ1v) is 8.13. The van der Waals surface area contributed by atoms with Gasteiger partial charge in [-0.2, -0.15) is 5.10 Å². The predicted molar refractivity (Wildman–Crippen MR) is 76.8 cm³/mol. The molecule has 4 bridgehead atoms. The molecule has 4 aliphatic carbocycles. The van der Waals surface area contributed by atoms with Crippen molar-refractivity contribution in [3.05, 3.63) is 18.0 Å². The number of aliphatic hydroxyl groups excluding tert-OH is 1. The van der Waals surface area contributed by atoms with Gasteiger partial charge in [-0.25, -0.2) is 0 Å². The Balaban J connectivity index is 1.48. The Morgan fingerprint density at radius 3 is 2.45 bits per heavy atom. The lowest BCUT2D eigenvalue weighted by Gasteiger charge is -2.54. The van der Waals surface area contributed by atoms with Crippen LogP contribution in [0.25, 0.3) is 0 Å². The Bertz CT molecular complexity index is 456. The van der Waals surface area contributed by atoms with Crippen LogP contribution in [-0.4, -0.2) is 21.4 Å². The van der Waals surface area contributed by atoms with Gasteiger partial charge in [-0.15, -0.1) is 0 Å². The molecular formula is C16H25N3O. The number of hydrogen-bond acceptors (Lipinski definition) is 3. The Morgan fingerprint density at radius 1 is 1.20 bits per heavy atom. The highest BCUT2D eigenvalue weighted by Gasteiger charge is 2.48. The second-order valence-electron chi connectivity index (χ2n) is 7.34. The summed E-state index contributed by atoms with van der Waals surface area (Å²) in [5.74, 6) is 4.73. The van der Waals surface area contributed by atoms with Gasteiger partial charge >= 0.3 is 0 Å². The minimum absolute atomic E-state index is 0.268. The van der Waals surface area contributed by atoms with E-state index in [1.54, 1.807) is 6.20 Å². The molecule has 1 aromatic rings. The molecular weight excluding hydrogens is 250 g/mol. The zero-order valence-electron chi connectivity index (χ0n) is 12.0. The molecule has 4 aliphatic rings. The van der Waals surface area contributed by atoms with Crippen LogP contribution in [0.15, 0.2) is 12.4 Å². The van der Waals surface area contributed by atoms with Crippen LogP contribution in [0, 0.1) is 29.6 Å². The molecule has 1 aromatic heterocycles. The average Bonchev–Trinajstić information content (AvgIpc) is 2.90. The van der Waals surface area contributed by atoms with Gasteiger partial charge in [0.2, 0.25) is 0 Å². The number of hydrogen-bond donors (Lipinski definition) is 2. The molecule has 4 nitrogen and oxygen atoms in total. The van der Waals surface area contributed by atoms with E-state index < -0.39 is 6.10 Å². The van der Waals surface area contributed by atoms with Crippen LogP contribution in [0.5, 0.6) is 0 Å². The van der Waals surface area contributed by atoms with Gasteiger partial charge in [-0.05, 0) is 61.7 Å². The fraction of sp³-hybridized carbons (Fsp3) is 0.812. The van der Waals surface area contributed by atoms with Gasteiger partial charge in [0.05, 0.1) is 12.3 Å². The van der Waals surface area contributed by atoms with E-state index in [4.69, 9.17) is 5.73 Å². The summed E-state index contributed by atoms with van der Waals surface area (Å²) >= 11 is 0. The molecule has 1 heterocycles. The van der Waals surface area contributed by atoms with Crippen molar-refractivity contribution in [2.24, 2.45) is 35.3 Å². The fourth-order valence-corrected chi connectivity index (χ4v) is 5.34. The summed E-state index contributed by atoms with van der Waals surface area (Å²) < 4.78 is 2.04. The van der Waals surface area contributed by atoms with Crippen LogP contribution in [0.1, 0.15) is 43.8 Å². The summed E-state index contributed by atoms with van der Waals surface area (Å²) in [6.07, 6.45) is 10.5. The van der Waals surface area contributed by atoms with Crippen molar-refractivity contribution in [1.29, 1.82) is 0 Å². The Hall–Kier alpha value is -0.870. The third-order valence-corrected chi connectivity index (χ3v) is 6.08. The Morgan fingerprint density at radius 2 is 1.85 bits per heavy atom. The third-order valence-electron chi connectivity index (χ3n) is 6.08. The first kappa shape index (κ1) is 12.8. The van der Waals surface area contributed by atoms with Gasteiger partial charge in [0.1, 0.15) is 0 Å². The van der Waals surface area contributed by atoms with Crippen molar-refractivity contribution in [3.8, 4) is 0 Å². The summed E-state index contributed by atoms with van der Waals surface area (Å²) in [5, 5.41) is 14.2. The van der Waals surface area contributed by atoms with Gasteiger partial charge in [0, 0.05) is 24.8 Å². The lowest BCUT2D eigenvalue weighted by molar-refractivity contribution is -0.0442. The Kier molecular flexibility index (Phi) is 3.11. The lowest BCUT2D eigenvalue weighted by Crippen LogP contribution is -2.46.